The maximum absolute atomic E-state index is 11.7. The lowest BCUT2D eigenvalue weighted by molar-refractivity contribution is -0.121. The Kier molecular flexibility index (Phi) is 6.77. The molecule has 0 aliphatic carbocycles. The average Bonchev–Trinajstić information content (AvgIpc) is 2.39. The van der Waals surface area contributed by atoms with Crippen molar-refractivity contribution in [2.75, 3.05) is 6.54 Å². The molecule has 0 fully saturated rings. The van der Waals surface area contributed by atoms with E-state index in [9.17, 15) is 9.59 Å². The Balaban J connectivity index is 2.30. The van der Waals surface area contributed by atoms with Crippen LogP contribution in [0, 0.1) is 5.92 Å². The van der Waals surface area contributed by atoms with E-state index in [1.807, 2.05) is 0 Å². The van der Waals surface area contributed by atoms with E-state index in [-0.39, 0.29) is 11.5 Å². The van der Waals surface area contributed by atoms with Crippen molar-refractivity contribution in [1.29, 1.82) is 0 Å². The van der Waals surface area contributed by atoms with Gasteiger partial charge in [-0.1, -0.05) is 38.8 Å². The first-order valence-corrected chi connectivity index (χ1v) is 7.11. The summed E-state index contributed by atoms with van der Waals surface area (Å²) in [5, 5.41) is 11.7. The molecule has 1 aromatic rings. The molecule has 0 aliphatic rings. The van der Waals surface area contributed by atoms with Gasteiger partial charge in [-0.15, -0.1) is 0 Å². The Hall–Kier alpha value is -1.84. The fraction of sp³-hybridized carbons (Fsp3) is 0.500. The summed E-state index contributed by atoms with van der Waals surface area (Å²) in [6, 6.07) is 6.75. The summed E-state index contributed by atoms with van der Waals surface area (Å²) >= 11 is 0. The van der Waals surface area contributed by atoms with E-state index in [1.54, 1.807) is 24.3 Å². The predicted molar refractivity (Wildman–Crippen MR) is 78.8 cm³/mol. The number of hydrogen-bond acceptors (Lipinski definition) is 2. The quantitative estimate of drug-likeness (QED) is 0.768. The molecule has 0 aromatic heterocycles. The summed E-state index contributed by atoms with van der Waals surface area (Å²) in [5.41, 5.74) is 1.31. The van der Waals surface area contributed by atoms with Crippen LogP contribution in [0.25, 0.3) is 0 Å². The van der Waals surface area contributed by atoms with Crippen molar-refractivity contribution in [3.8, 4) is 0 Å². The van der Waals surface area contributed by atoms with Crippen molar-refractivity contribution in [2.24, 2.45) is 5.92 Å². The van der Waals surface area contributed by atoms with Gasteiger partial charge in [0.1, 0.15) is 0 Å². The van der Waals surface area contributed by atoms with Crippen LogP contribution in [0.1, 0.15) is 49.0 Å². The van der Waals surface area contributed by atoms with E-state index < -0.39 is 5.97 Å². The molecule has 0 aliphatic heterocycles. The number of aromatic carboxylic acids is 1. The lowest BCUT2D eigenvalue weighted by atomic mass is 10.0. The highest BCUT2D eigenvalue weighted by molar-refractivity contribution is 5.87. The first kappa shape index (κ1) is 16.2. The highest BCUT2D eigenvalue weighted by atomic mass is 16.4. The van der Waals surface area contributed by atoms with Gasteiger partial charge in [0.2, 0.25) is 5.91 Å². The average molecular weight is 277 g/mol. The molecule has 0 saturated carbocycles. The van der Waals surface area contributed by atoms with Crippen molar-refractivity contribution >= 4 is 11.9 Å². The topological polar surface area (TPSA) is 66.4 Å². The second-order valence-electron chi connectivity index (χ2n) is 5.20. The van der Waals surface area contributed by atoms with Crippen LogP contribution in [0.3, 0.4) is 0 Å². The number of nitrogens with one attached hydrogen (secondary N) is 1. The normalized spacial score (nSPS) is 11.9. The Morgan fingerprint density at radius 3 is 2.45 bits per heavy atom. The number of amides is 1. The number of carbonyl (C=O) groups excluding carboxylic acids is 1. The summed E-state index contributed by atoms with van der Waals surface area (Å²) in [5.74, 6) is -0.405. The van der Waals surface area contributed by atoms with Gasteiger partial charge in [-0.05, 0) is 30.0 Å². The molecular formula is C16H23NO3. The lowest BCUT2D eigenvalue weighted by Crippen LogP contribution is -2.27. The Bertz CT molecular complexity index is 440. The summed E-state index contributed by atoms with van der Waals surface area (Å²) in [7, 11) is 0. The van der Waals surface area contributed by atoms with Crippen molar-refractivity contribution in [1.82, 2.24) is 5.32 Å². The standard InChI is InChI=1S/C16H23NO3/c1-3-4-12(2)11-15(18)17-10-9-13-5-7-14(8-6-13)16(19)20/h5-8,12H,3-4,9-11H2,1-2H3,(H,17,18)(H,19,20). The zero-order chi connectivity index (χ0) is 15.0. The third-order valence-electron chi connectivity index (χ3n) is 3.25. The molecule has 0 spiro atoms. The predicted octanol–water partition coefficient (Wildman–Crippen LogP) is 2.87. The third-order valence-corrected chi connectivity index (χ3v) is 3.25. The maximum atomic E-state index is 11.7. The molecule has 0 bridgehead atoms. The van der Waals surface area contributed by atoms with Crippen LogP contribution in [0.5, 0.6) is 0 Å². The molecule has 1 atom stereocenters. The summed E-state index contributed by atoms with van der Waals surface area (Å²) in [4.78, 5) is 22.4. The van der Waals surface area contributed by atoms with Crippen molar-refractivity contribution in [3.05, 3.63) is 35.4 Å². The third kappa shape index (κ3) is 5.87. The number of benzene rings is 1. The maximum Gasteiger partial charge on any atom is 0.335 e. The van der Waals surface area contributed by atoms with E-state index in [1.165, 1.54) is 0 Å². The molecule has 0 radical (unpaired) electrons. The van der Waals surface area contributed by atoms with Crippen molar-refractivity contribution in [2.45, 2.75) is 39.5 Å². The molecule has 1 amide bonds. The van der Waals surface area contributed by atoms with E-state index in [4.69, 9.17) is 5.11 Å². The second kappa shape index (κ2) is 8.35. The van der Waals surface area contributed by atoms with Gasteiger partial charge in [-0.2, -0.15) is 0 Å². The number of carbonyl (C=O) groups is 2. The Labute approximate surface area is 120 Å². The molecule has 2 N–H and O–H groups in total. The SMILES string of the molecule is CCCC(C)CC(=O)NCCc1ccc(C(=O)O)cc1. The Morgan fingerprint density at radius 1 is 1.25 bits per heavy atom. The number of carboxylic acids is 1. The molecule has 1 rings (SSSR count). The van der Waals surface area contributed by atoms with E-state index in [0.29, 0.717) is 25.3 Å². The fourth-order valence-electron chi connectivity index (χ4n) is 2.14. The zero-order valence-electron chi connectivity index (χ0n) is 12.2. The van der Waals surface area contributed by atoms with Gasteiger partial charge in [0.25, 0.3) is 0 Å². The molecule has 4 nitrogen and oxygen atoms in total. The van der Waals surface area contributed by atoms with Crippen LogP contribution in [0.15, 0.2) is 24.3 Å². The van der Waals surface area contributed by atoms with Crippen LogP contribution < -0.4 is 5.32 Å². The van der Waals surface area contributed by atoms with Gasteiger partial charge < -0.3 is 10.4 Å². The number of hydrogen-bond donors (Lipinski definition) is 2. The smallest absolute Gasteiger partial charge is 0.335 e. The van der Waals surface area contributed by atoms with Crippen molar-refractivity contribution < 1.29 is 14.7 Å². The van der Waals surface area contributed by atoms with Gasteiger partial charge in [-0.3, -0.25) is 4.79 Å². The minimum atomic E-state index is -0.922. The molecular weight excluding hydrogens is 254 g/mol. The first-order chi connectivity index (χ1) is 9.52. The molecule has 20 heavy (non-hydrogen) atoms. The monoisotopic (exact) mass is 277 g/mol. The second-order valence-corrected chi connectivity index (χ2v) is 5.20. The van der Waals surface area contributed by atoms with Crippen LogP contribution in [-0.2, 0) is 11.2 Å². The molecule has 0 heterocycles. The zero-order valence-corrected chi connectivity index (χ0v) is 12.2. The largest absolute Gasteiger partial charge is 0.478 e. The van der Waals surface area contributed by atoms with Gasteiger partial charge >= 0.3 is 5.97 Å². The van der Waals surface area contributed by atoms with Gasteiger partial charge in [0, 0.05) is 13.0 Å². The summed E-state index contributed by atoms with van der Waals surface area (Å²) in [6.45, 7) is 4.80. The van der Waals surface area contributed by atoms with Crippen LogP contribution in [0.2, 0.25) is 0 Å². The van der Waals surface area contributed by atoms with Crippen LogP contribution in [-0.4, -0.2) is 23.5 Å². The van der Waals surface area contributed by atoms with E-state index in [0.717, 1.165) is 18.4 Å². The van der Waals surface area contributed by atoms with Crippen LogP contribution >= 0.6 is 0 Å². The van der Waals surface area contributed by atoms with Crippen LogP contribution in [0.4, 0.5) is 0 Å². The molecule has 4 heteroatoms. The van der Waals surface area contributed by atoms with E-state index >= 15 is 0 Å². The number of rotatable bonds is 8. The lowest BCUT2D eigenvalue weighted by Gasteiger charge is -2.10. The minimum Gasteiger partial charge on any atom is -0.478 e. The summed E-state index contributed by atoms with van der Waals surface area (Å²) in [6.07, 6.45) is 3.47. The molecule has 0 saturated heterocycles. The van der Waals surface area contributed by atoms with Crippen molar-refractivity contribution in [3.63, 3.8) is 0 Å². The minimum absolute atomic E-state index is 0.0908. The van der Waals surface area contributed by atoms with Gasteiger partial charge in [-0.25, -0.2) is 4.79 Å². The molecule has 1 aromatic carbocycles. The van der Waals surface area contributed by atoms with E-state index in [2.05, 4.69) is 19.2 Å². The fourth-order valence-corrected chi connectivity index (χ4v) is 2.14. The highest BCUT2D eigenvalue weighted by Gasteiger charge is 2.07. The Morgan fingerprint density at radius 2 is 1.90 bits per heavy atom. The first-order valence-electron chi connectivity index (χ1n) is 7.11. The highest BCUT2D eigenvalue weighted by Crippen LogP contribution is 2.09. The van der Waals surface area contributed by atoms with Gasteiger partial charge in [0.05, 0.1) is 5.56 Å². The molecule has 1 unspecified atom stereocenters. The molecule has 110 valence electrons. The number of carboxylic acid groups (broad SMARTS) is 1. The van der Waals surface area contributed by atoms with Gasteiger partial charge in [0.15, 0.2) is 0 Å². The summed E-state index contributed by atoms with van der Waals surface area (Å²) < 4.78 is 0.